The molecule has 0 heterocycles. The lowest BCUT2D eigenvalue weighted by Gasteiger charge is -2.30. The Morgan fingerprint density at radius 3 is 1.34 bits per heavy atom. The number of ether oxygens (including phenoxy) is 1. The van der Waals surface area contributed by atoms with Crippen molar-refractivity contribution in [3.8, 4) is 0 Å². The molecule has 0 fully saturated rings. The molecule has 0 saturated carbocycles. The molecule has 9 nitrogen and oxygen atoms in total. The highest BCUT2D eigenvalue weighted by molar-refractivity contribution is 7.45. The molecule has 0 aliphatic rings. The predicted octanol–water partition coefficient (Wildman–Crippen LogP) is 17.4. The maximum absolute atomic E-state index is 13.5. The molecule has 0 saturated heterocycles. The van der Waals surface area contributed by atoms with Crippen molar-refractivity contribution in [2.24, 2.45) is 0 Å². The van der Waals surface area contributed by atoms with E-state index in [4.69, 9.17) is 13.8 Å². The van der Waals surface area contributed by atoms with Gasteiger partial charge in [0, 0.05) is 12.8 Å². The van der Waals surface area contributed by atoms with Gasteiger partial charge in [-0.15, -0.1) is 0 Å². The summed E-state index contributed by atoms with van der Waals surface area (Å²) < 4.78 is 30.2. The molecule has 3 atom stereocenters. The van der Waals surface area contributed by atoms with Gasteiger partial charge in [-0.05, 0) is 109 Å². The van der Waals surface area contributed by atoms with E-state index in [2.05, 4.69) is 111 Å². The lowest BCUT2D eigenvalue weighted by Crippen LogP contribution is -2.47. The van der Waals surface area contributed by atoms with E-state index in [9.17, 15) is 19.0 Å². The molecule has 0 rings (SSSR count). The summed E-state index contributed by atoms with van der Waals surface area (Å²) in [6.07, 6.45) is 69.5. The molecule has 0 spiro atoms. The van der Waals surface area contributed by atoms with E-state index in [0.717, 1.165) is 109 Å². The van der Waals surface area contributed by atoms with Crippen molar-refractivity contribution in [3.05, 3.63) is 97.2 Å². The molecule has 0 bridgehead atoms. The van der Waals surface area contributed by atoms with Crippen LogP contribution in [0.1, 0.15) is 239 Å². The summed E-state index contributed by atoms with van der Waals surface area (Å²) in [4.78, 5) is 39.8. The van der Waals surface area contributed by atoms with Gasteiger partial charge in [0.05, 0.1) is 33.8 Å². The fourth-order valence-electron chi connectivity index (χ4n) is 7.93. The van der Waals surface area contributed by atoms with Gasteiger partial charge in [0.25, 0.3) is 7.82 Å². The Bertz CT molecular complexity index is 1570. The number of phosphoric ester groups is 1. The lowest BCUT2D eigenvalue weighted by molar-refractivity contribution is -0.870. The van der Waals surface area contributed by atoms with Gasteiger partial charge in [-0.2, -0.15) is 0 Å². The maximum atomic E-state index is 13.5. The number of hydrogen-bond donors (Lipinski definition) is 1. The van der Waals surface area contributed by atoms with Crippen LogP contribution in [0.15, 0.2) is 97.2 Å². The molecule has 3 unspecified atom stereocenters. The van der Waals surface area contributed by atoms with E-state index in [1.54, 1.807) is 0 Å². The third-order valence-electron chi connectivity index (χ3n) is 12.5. The standard InChI is InChI=1S/C63H111N2O7P/c1-7-10-13-16-19-22-25-27-28-29-30-31-32-33-34-35-36-38-41-44-47-50-53-56-63(67)72-61(54-51-48-45-42-39-24-21-18-15-12-9-3)60(59-71-73(68,69)70-58-57-65(4,5)6)64-62(66)55-52-49-46-43-40-37-26-23-20-17-14-11-8-2/h10,13,19,22,27-28,30-31,33-34,36-38,40,51,54,60-61H,7-9,11-12,14-18,20-21,23-26,29,32,35,39,41-50,52-53,55-59H2,1-6H3,(H-,64,66,68,69)/b13-10-,22-19-,28-27-,31-30-,34-33-,38-36-,40-37-,54-51-. The van der Waals surface area contributed by atoms with Gasteiger partial charge >= 0.3 is 5.97 Å². The highest BCUT2D eigenvalue weighted by Gasteiger charge is 2.27. The van der Waals surface area contributed by atoms with Crippen molar-refractivity contribution < 1.29 is 37.3 Å². The molecule has 0 aliphatic carbocycles. The van der Waals surface area contributed by atoms with Gasteiger partial charge in [0.2, 0.25) is 5.91 Å². The number of allylic oxidation sites excluding steroid dienone is 15. The molecule has 73 heavy (non-hydrogen) atoms. The summed E-state index contributed by atoms with van der Waals surface area (Å²) in [7, 11) is 1.15. The summed E-state index contributed by atoms with van der Waals surface area (Å²) in [5, 5.41) is 3.00. The lowest BCUT2D eigenvalue weighted by atomic mass is 10.1. The van der Waals surface area contributed by atoms with Crippen LogP contribution in [0.5, 0.6) is 0 Å². The molecule has 1 amide bonds. The van der Waals surface area contributed by atoms with Gasteiger partial charge in [-0.3, -0.25) is 14.2 Å². The number of nitrogens with one attached hydrogen (secondary N) is 1. The first-order valence-corrected chi connectivity index (χ1v) is 31.0. The Morgan fingerprint density at radius 2 is 0.877 bits per heavy atom. The normalized spacial score (nSPS) is 14.5. The molecule has 0 radical (unpaired) electrons. The smallest absolute Gasteiger partial charge is 0.306 e. The van der Waals surface area contributed by atoms with E-state index < -0.39 is 26.6 Å². The quantitative estimate of drug-likeness (QED) is 0.0212. The number of esters is 1. The molecule has 1 N–H and O–H groups in total. The van der Waals surface area contributed by atoms with Gasteiger partial charge in [-0.25, -0.2) is 0 Å². The molecular formula is C63H111N2O7P. The van der Waals surface area contributed by atoms with Gasteiger partial charge in [-0.1, -0.05) is 215 Å². The van der Waals surface area contributed by atoms with Crippen LogP contribution < -0.4 is 10.2 Å². The number of quaternary nitrogens is 1. The number of rotatable bonds is 52. The molecule has 0 aromatic heterocycles. The van der Waals surface area contributed by atoms with Crippen LogP contribution in [-0.4, -0.2) is 69.4 Å². The van der Waals surface area contributed by atoms with Crippen molar-refractivity contribution in [3.63, 3.8) is 0 Å². The SMILES string of the molecule is CC/C=C\C/C=C\C/C=C\C/C=C\C/C=C\C/C=C\CCCCCCC(=O)OC(/C=C\CCCCCCCCCCC)C(COP(=O)([O-])OCC[N+](C)(C)C)NC(=O)CCCCC/C=C\CCCCCCCC. The molecule has 420 valence electrons. The fourth-order valence-corrected chi connectivity index (χ4v) is 8.65. The first-order chi connectivity index (χ1) is 35.4. The average molecular weight is 1040 g/mol. The van der Waals surface area contributed by atoms with Crippen LogP contribution >= 0.6 is 7.82 Å². The Kier molecular flexibility index (Phi) is 50.2. The van der Waals surface area contributed by atoms with E-state index in [1.165, 1.54) is 83.5 Å². The topological polar surface area (TPSA) is 114 Å². The zero-order valence-electron chi connectivity index (χ0n) is 47.8. The third kappa shape index (κ3) is 53.6. The first-order valence-electron chi connectivity index (χ1n) is 29.5. The minimum atomic E-state index is -4.71. The van der Waals surface area contributed by atoms with Gasteiger partial charge in [0.15, 0.2) is 0 Å². The van der Waals surface area contributed by atoms with E-state index in [1.807, 2.05) is 33.3 Å². The molecule has 0 aromatic carbocycles. The Morgan fingerprint density at radius 1 is 0.493 bits per heavy atom. The molecule has 0 aromatic rings. The Balaban J connectivity index is 5.30. The summed E-state index contributed by atoms with van der Waals surface area (Å²) in [6, 6.07) is -0.911. The largest absolute Gasteiger partial charge is 0.756 e. The summed E-state index contributed by atoms with van der Waals surface area (Å²) in [5.74, 6) is -0.595. The highest BCUT2D eigenvalue weighted by Crippen LogP contribution is 2.38. The second-order valence-corrected chi connectivity index (χ2v) is 22.2. The van der Waals surface area contributed by atoms with Crippen molar-refractivity contribution in [2.75, 3.05) is 40.9 Å². The Labute approximate surface area is 449 Å². The molecule has 10 heteroatoms. The minimum absolute atomic E-state index is 0.0337. The zero-order valence-corrected chi connectivity index (χ0v) is 48.7. The number of carbonyl (C=O) groups excluding carboxylic acids is 2. The van der Waals surface area contributed by atoms with E-state index in [0.29, 0.717) is 23.9 Å². The minimum Gasteiger partial charge on any atom is -0.756 e. The summed E-state index contributed by atoms with van der Waals surface area (Å²) >= 11 is 0. The van der Waals surface area contributed by atoms with Crippen LogP contribution in [0.4, 0.5) is 0 Å². The monoisotopic (exact) mass is 1040 g/mol. The van der Waals surface area contributed by atoms with Crippen LogP contribution in [0.3, 0.4) is 0 Å². The predicted molar refractivity (Wildman–Crippen MR) is 311 cm³/mol. The molecular weight excluding hydrogens is 928 g/mol. The number of amides is 1. The number of likely N-dealkylation sites (N-methyl/N-ethyl adjacent to an activating group) is 1. The van der Waals surface area contributed by atoms with Crippen LogP contribution in [0.25, 0.3) is 0 Å². The number of carbonyl (C=O) groups is 2. The Hall–Kier alpha value is -3.07. The third-order valence-corrected chi connectivity index (χ3v) is 13.5. The van der Waals surface area contributed by atoms with Crippen LogP contribution in [0.2, 0.25) is 0 Å². The summed E-state index contributed by atoms with van der Waals surface area (Å²) in [6.45, 7) is 6.67. The van der Waals surface area contributed by atoms with Gasteiger partial charge < -0.3 is 28.5 Å². The van der Waals surface area contributed by atoms with Crippen molar-refractivity contribution in [1.82, 2.24) is 5.32 Å². The zero-order chi connectivity index (χ0) is 53.6. The van der Waals surface area contributed by atoms with Crippen LogP contribution in [0, 0.1) is 0 Å². The van der Waals surface area contributed by atoms with Crippen molar-refractivity contribution in [1.29, 1.82) is 0 Å². The first kappa shape index (κ1) is 69.9. The van der Waals surface area contributed by atoms with Crippen molar-refractivity contribution in [2.45, 2.75) is 251 Å². The second kappa shape index (κ2) is 52.4. The van der Waals surface area contributed by atoms with Gasteiger partial charge in [0.1, 0.15) is 19.3 Å². The van der Waals surface area contributed by atoms with E-state index >= 15 is 0 Å². The fraction of sp³-hybridized carbons (Fsp3) is 0.714. The number of hydrogen-bond acceptors (Lipinski definition) is 7. The molecule has 0 aliphatic heterocycles. The maximum Gasteiger partial charge on any atom is 0.306 e. The number of unbranched alkanes of at least 4 members (excludes halogenated alkanes) is 22. The highest BCUT2D eigenvalue weighted by atomic mass is 31.2. The summed E-state index contributed by atoms with van der Waals surface area (Å²) in [5.41, 5.74) is 0. The average Bonchev–Trinajstić information content (AvgIpc) is 3.35. The number of phosphoric acid groups is 1. The van der Waals surface area contributed by atoms with Crippen LogP contribution in [-0.2, 0) is 27.9 Å². The number of nitrogens with zero attached hydrogens (tertiary/aromatic N) is 1. The van der Waals surface area contributed by atoms with E-state index in [-0.39, 0.29) is 31.3 Å². The van der Waals surface area contributed by atoms with Crippen molar-refractivity contribution >= 4 is 19.7 Å². The second-order valence-electron chi connectivity index (χ2n) is 20.8.